The van der Waals surface area contributed by atoms with Gasteiger partial charge in [-0.2, -0.15) is 0 Å². The average molecular weight is 366 g/mol. The highest BCUT2D eigenvalue weighted by molar-refractivity contribution is 6.05. The molecule has 0 saturated carbocycles. The lowest BCUT2D eigenvalue weighted by atomic mass is 10.1. The van der Waals surface area contributed by atoms with E-state index in [0.29, 0.717) is 30.2 Å². The molecule has 2 heterocycles. The van der Waals surface area contributed by atoms with Crippen LogP contribution in [0.15, 0.2) is 42.5 Å². The zero-order chi connectivity index (χ0) is 18.8. The second-order valence-corrected chi connectivity index (χ2v) is 6.77. The lowest BCUT2D eigenvalue weighted by molar-refractivity contribution is -0.127. The molecule has 27 heavy (non-hydrogen) atoms. The molecule has 6 heteroatoms. The number of hydrogen-bond acceptors (Lipinski definition) is 4. The summed E-state index contributed by atoms with van der Waals surface area (Å²) in [5.74, 6) is 0.427. The van der Waals surface area contributed by atoms with E-state index < -0.39 is 0 Å². The van der Waals surface area contributed by atoms with Gasteiger partial charge in [-0.1, -0.05) is 12.1 Å². The first kappa shape index (κ1) is 17.5. The predicted octanol–water partition coefficient (Wildman–Crippen LogP) is 3.02. The van der Waals surface area contributed by atoms with Crippen molar-refractivity contribution < 1.29 is 19.1 Å². The summed E-state index contributed by atoms with van der Waals surface area (Å²) in [6.07, 6.45) is 2.17. The summed E-state index contributed by atoms with van der Waals surface area (Å²) in [6.45, 7) is 1.30. The number of anilines is 2. The monoisotopic (exact) mass is 366 g/mol. The molecule has 1 atom stereocenters. The SMILES string of the molecule is COc1cccc(C(=O)Nc2ccc3c(c2)N(C(=O)C2CCCO2)CC3)c1. The molecule has 2 aliphatic rings. The third kappa shape index (κ3) is 3.53. The van der Waals surface area contributed by atoms with Gasteiger partial charge in [-0.05, 0) is 55.2 Å². The van der Waals surface area contributed by atoms with Crippen LogP contribution in [0.2, 0.25) is 0 Å². The fourth-order valence-corrected chi connectivity index (χ4v) is 3.60. The summed E-state index contributed by atoms with van der Waals surface area (Å²) in [5.41, 5.74) is 3.15. The van der Waals surface area contributed by atoms with Crippen molar-refractivity contribution in [1.82, 2.24) is 0 Å². The van der Waals surface area contributed by atoms with Gasteiger partial charge in [0.15, 0.2) is 0 Å². The minimum Gasteiger partial charge on any atom is -0.497 e. The topological polar surface area (TPSA) is 67.9 Å². The lowest BCUT2D eigenvalue weighted by Crippen LogP contribution is -2.37. The Hall–Kier alpha value is -2.86. The minimum absolute atomic E-state index is 0.0162. The molecule has 2 aromatic rings. The summed E-state index contributed by atoms with van der Waals surface area (Å²) in [7, 11) is 1.57. The van der Waals surface area contributed by atoms with Gasteiger partial charge in [0.2, 0.25) is 0 Å². The number of rotatable bonds is 4. The van der Waals surface area contributed by atoms with Gasteiger partial charge in [0.25, 0.3) is 11.8 Å². The van der Waals surface area contributed by atoms with Gasteiger partial charge in [0.05, 0.1) is 7.11 Å². The number of nitrogens with zero attached hydrogens (tertiary/aromatic N) is 1. The molecule has 0 bridgehead atoms. The molecule has 0 aliphatic carbocycles. The van der Waals surface area contributed by atoms with E-state index in [4.69, 9.17) is 9.47 Å². The van der Waals surface area contributed by atoms with Crippen LogP contribution in [-0.4, -0.2) is 38.2 Å². The highest BCUT2D eigenvalue weighted by atomic mass is 16.5. The molecule has 6 nitrogen and oxygen atoms in total. The van der Waals surface area contributed by atoms with Crippen LogP contribution >= 0.6 is 0 Å². The molecular weight excluding hydrogens is 344 g/mol. The number of ether oxygens (including phenoxy) is 2. The van der Waals surface area contributed by atoms with Crippen LogP contribution in [0.3, 0.4) is 0 Å². The zero-order valence-corrected chi connectivity index (χ0v) is 15.2. The van der Waals surface area contributed by atoms with Crippen molar-refractivity contribution in [2.24, 2.45) is 0 Å². The highest BCUT2D eigenvalue weighted by Crippen LogP contribution is 2.32. The van der Waals surface area contributed by atoms with Crippen molar-refractivity contribution in [2.75, 3.05) is 30.5 Å². The summed E-state index contributed by atoms with van der Waals surface area (Å²) in [5, 5.41) is 2.90. The van der Waals surface area contributed by atoms with E-state index in [2.05, 4.69) is 5.32 Å². The Balaban J connectivity index is 1.53. The van der Waals surface area contributed by atoms with E-state index in [1.165, 1.54) is 0 Å². The molecule has 2 aliphatic heterocycles. The average Bonchev–Trinajstić information content (AvgIpc) is 3.37. The van der Waals surface area contributed by atoms with Crippen LogP contribution in [0, 0.1) is 0 Å². The second kappa shape index (κ2) is 7.40. The van der Waals surface area contributed by atoms with Gasteiger partial charge in [0.1, 0.15) is 11.9 Å². The van der Waals surface area contributed by atoms with Crippen LogP contribution in [0.25, 0.3) is 0 Å². The summed E-state index contributed by atoms with van der Waals surface area (Å²) in [4.78, 5) is 27.1. The van der Waals surface area contributed by atoms with Crippen LogP contribution in [-0.2, 0) is 16.0 Å². The second-order valence-electron chi connectivity index (χ2n) is 6.77. The molecule has 0 spiro atoms. The molecule has 140 valence electrons. The Morgan fingerprint density at radius 2 is 2.11 bits per heavy atom. The maximum Gasteiger partial charge on any atom is 0.256 e. The van der Waals surface area contributed by atoms with E-state index in [1.807, 2.05) is 18.2 Å². The Kier molecular flexibility index (Phi) is 4.81. The lowest BCUT2D eigenvalue weighted by Gasteiger charge is -2.21. The minimum atomic E-state index is -0.342. The maximum atomic E-state index is 12.7. The third-order valence-electron chi connectivity index (χ3n) is 5.04. The first-order valence-electron chi connectivity index (χ1n) is 9.17. The van der Waals surface area contributed by atoms with E-state index in [1.54, 1.807) is 36.3 Å². The largest absolute Gasteiger partial charge is 0.497 e. The highest BCUT2D eigenvalue weighted by Gasteiger charge is 2.32. The van der Waals surface area contributed by atoms with Crippen molar-refractivity contribution in [3.63, 3.8) is 0 Å². The third-order valence-corrected chi connectivity index (χ3v) is 5.04. The normalized spacial score (nSPS) is 18.3. The van der Waals surface area contributed by atoms with Gasteiger partial charge in [-0.15, -0.1) is 0 Å². The molecule has 1 unspecified atom stereocenters. The summed E-state index contributed by atoms with van der Waals surface area (Å²) in [6, 6.07) is 12.7. The molecule has 0 radical (unpaired) electrons. The van der Waals surface area contributed by atoms with Crippen LogP contribution in [0.5, 0.6) is 5.75 Å². The fourth-order valence-electron chi connectivity index (χ4n) is 3.60. The number of methoxy groups -OCH3 is 1. The number of fused-ring (bicyclic) bond motifs is 1. The number of benzene rings is 2. The first-order valence-corrected chi connectivity index (χ1v) is 9.17. The van der Waals surface area contributed by atoms with Gasteiger partial charge in [-0.3, -0.25) is 9.59 Å². The zero-order valence-electron chi connectivity index (χ0n) is 15.2. The first-order chi connectivity index (χ1) is 13.2. The number of amides is 2. The van der Waals surface area contributed by atoms with Crippen LogP contribution in [0.4, 0.5) is 11.4 Å². The number of carbonyl (C=O) groups is 2. The van der Waals surface area contributed by atoms with Crippen molar-refractivity contribution in [2.45, 2.75) is 25.4 Å². The van der Waals surface area contributed by atoms with Crippen molar-refractivity contribution in [1.29, 1.82) is 0 Å². The van der Waals surface area contributed by atoms with E-state index in [9.17, 15) is 9.59 Å². The van der Waals surface area contributed by atoms with Crippen molar-refractivity contribution in [3.8, 4) is 5.75 Å². The molecule has 2 aromatic carbocycles. The Bertz CT molecular complexity index is 874. The smallest absolute Gasteiger partial charge is 0.256 e. The standard InChI is InChI=1S/C21H22N2O4/c1-26-17-5-2-4-15(12-17)20(24)22-16-8-7-14-9-10-23(18(14)13-16)21(25)19-6-3-11-27-19/h2,4-5,7-8,12-13,19H,3,6,9-11H2,1H3,(H,22,24). The van der Waals surface area contributed by atoms with Crippen LogP contribution < -0.4 is 15.0 Å². The molecule has 1 N–H and O–H groups in total. The summed E-state index contributed by atoms with van der Waals surface area (Å²) >= 11 is 0. The van der Waals surface area contributed by atoms with Gasteiger partial charge in [-0.25, -0.2) is 0 Å². The van der Waals surface area contributed by atoms with Gasteiger partial charge >= 0.3 is 0 Å². The molecule has 4 rings (SSSR count). The quantitative estimate of drug-likeness (QED) is 0.903. The van der Waals surface area contributed by atoms with E-state index >= 15 is 0 Å². The van der Waals surface area contributed by atoms with E-state index in [-0.39, 0.29) is 17.9 Å². The fraction of sp³-hybridized carbons (Fsp3) is 0.333. The van der Waals surface area contributed by atoms with Crippen molar-refractivity contribution in [3.05, 3.63) is 53.6 Å². The molecule has 1 fully saturated rings. The molecular formula is C21H22N2O4. The Morgan fingerprint density at radius 1 is 1.22 bits per heavy atom. The van der Waals surface area contributed by atoms with E-state index in [0.717, 1.165) is 30.5 Å². The molecule has 2 amide bonds. The Labute approximate surface area is 158 Å². The molecule has 0 aromatic heterocycles. The number of hydrogen-bond donors (Lipinski definition) is 1. The number of nitrogens with one attached hydrogen (secondary N) is 1. The summed E-state index contributed by atoms with van der Waals surface area (Å²) < 4.78 is 10.7. The Morgan fingerprint density at radius 3 is 2.89 bits per heavy atom. The van der Waals surface area contributed by atoms with Crippen molar-refractivity contribution >= 4 is 23.2 Å². The van der Waals surface area contributed by atoms with Gasteiger partial charge in [0, 0.05) is 30.1 Å². The maximum absolute atomic E-state index is 12.7. The predicted molar refractivity (Wildman–Crippen MR) is 102 cm³/mol. The molecule has 1 saturated heterocycles. The van der Waals surface area contributed by atoms with Gasteiger partial charge < -0.3 is 19.7 Å². The van der Waals surface area contributed by atoms with Crippen LogP contribution in [0.1, 0.15) is 28.8 Å². The number of carbonyl (C=O) groups excluding carboxylic acids is 2.